The van der Waals surface area contributed by atoms with E-state index in [9.17, 15) is 8.78 Å². The minimum Gasteiger partial charge on any atom is -0.366 e. The molecule has 0 aliphatic carbocycles. The summed E-state index contributed by atoms with van der Waals surface area (Å²) in [5.74, 6) is -1.03. The minimum atomic E-state index is -0.513. The molecule has 1 heterocycles. The summed E-state index contributed by atoms with van der Waals surface area (Å²) in [6, 6.07) is 3.97. The van der Waals surface area contributed by atoms with Crippen LogP contribution in [0.5, 0.6) is 0 Å². The molecule has 1 saturated heterocycles. The smallest absolute Gasteiger partial charge is 0.128 e. The molecule has 2 nitrogen and oxygen atoms in total. The van der Waals surface area contributed by atoms with E-state index in [0.29, 0.717) is 5.69 Å². The first-order chi connectivity index (χ1) is 7.56. The lowest BCUT2D eigenvalue weighted by atomic mass is 10.1. The molecule has 1 atom stereocenters. The van der Waals surface area contributed by atoms with Crippen LogP contribution in [-0.4, -0.2) is 37.6 Å². The first-order valence-electron chi connectivity index (χ1n) is 5.47. The van der Waals surface area contributed by atoms with Gasteiger partial charge >= 0.3 is 0 Å². The minimum absolute atomic E-state index is 0.278. The van der Waals surface area contributed by atoms with Gasteiger partial charge in [-0.2, -0.15) is 0 Å². The van der Waals surface area contributed by atoms with Crippen LogP contribution in [0.15, 0.2) is 18.2 Å². The lowest BCUT2D eigenvalue weighted by molar-refractivity contribution is 0.275. The molecule has 0 aromatic heterocycles. The molecule has 0 bridgehead atoms. The summed E-state index contributed by atoms with van der Waals surface area (Å²) < 4.78 is 26.2. The van der Waals surface area contributed by atoms with Crippen molar-refractivity contribution in [3.8, 4) is 0 Å². The Balaban J connectivity index is 2.23. The van der Waals surface area contributed by atoms with Crippen molar-refractivity contribution in [2.45, 2.75) is 13.0 Å². The molecule has 2 rings (SSSR count). The molecule has 16 heavy (non-hydrogen) atoms. The number of likely N-dealkylation sites (N-methyl/N-ethyl adjacent to an activating group) is 1. The van der Waals surface area contributed by atoms with Gasteiger partial charge in [0.2, 0.25) is 0 Å². The molecule has 0 radical (unpaired) electrons. The summed E-state index contributed by atoms with van der Waals surface area (Å²) in [6.45, 7) is 4.71. The predicted octanol–water partition coefficient (Wildman–Crippen LogP) is 2.11. The van der Waals surface area contributed by atoms with Crippen LogP contribution in [0.3, 0.4) is 0 Å². The summed E-state index contributed by atoms with van der Waals surface area (Å²) in [6.07, 6.45) is 0. The average molecular weight is 226 g/mol. The molecule has 0 spiro atoms. The molecule has 1 aliphatic heterocycles. The second-order valence-corrected chi connectivity index (χ2v) is 4.43. The molecule has 0 unspecified atom stereocenters. The van der Waals surface area contributed by atoms with Gasteiger partial charge in [-0.25, -0.2) is 8.78 Å². The summed E-state index contributed by atoms with van der Waals surface area (Å²) in [4.78, 5) is 4.27. The van der Waals surface area contributed by atoms with Gasteiger partial charge in [0.1, 0.15) is 11.6 Å². The largest absolute Gasteiger partial charge is 0.366 e. The second-order valence-electron chi connectivity index (χ2n) is 4.43. The normalized spacial score (nSPS) is 22.5. The van der Waals surface area contributed by atoms with Crippen molar-refractivity contribution in [2.75, 3.05) is 31.6 Å². The Morgan fingerprint density at radius 3 is 2.31 bits per heavy atom. The first-order valence-corrected chi connectivity index (χ1v) is 5.47. The van der Waals surface area contributed by atoms with Crippen molar-refractivity contribution in [1.29, 1.82) is 0 Å². The molecule has 1 aromatic rings. The van der Waals surface area contributed by atoms with E-state index in [0.717, 1.165) is 25.7 Å². The summed E-state index contributed by atoms with van der Waals surface area (Å²) in [5.41, 5.74) is 0.637. The lowest BCUT2D eigenvalue weighted by Gasteiger charge is -2.39. The van der Waals surface area contributed by atoms with Crippen LogP contribution >= 0.6 is 0 Å². The maximum Gasteiger partial charge on any atom is 0.128 e. The fourth-order valence-electron chi connectivity index (χ4n) is 2.23. The predicted molar refractivity (Wildman–Crippen MR) is 60.7 cm³/mol. The number of piperazine rings is 1. The molecular weight excluding hydrogens is 210 g/mol. The number of anilines is 1. The monoisotopic (exact) mass is 226 g/mol. The number of hydrogen-bond donors (Lipinski definition) is 0. The Morgan fingerprint density at radius 2 is 1.75 bits per heavy atom. The van der Waals surface area contributed by atoms with Gasteiger partial charge in [0.05, 0.1) is 0 Å². The summed E-state index contributed by atoms with van der Waals surface area (Å²) in [7, 11) is 2.06. The standard InChI is InChI=1S/C12H16F2N2/c1-9-8-15(2)3-4-16(9)12-6-10(13)5-11(14)7-12/h5-7,9H,3-4,8H2,1-2H3/t9-/m1/s1. The zero-order valence-corrected chi connectivity index (χ0v) is 9.58. The topological polar surface area (TPSA) is 6.48 Å². The van der Waals surface area contributed by atoms with Crippen molar-refractivity contribution in [2.24, 2.45) is 0 Å². The highest BCUT2D eigenvalue weighted by atomic mass is 19.1. The van der Waals surface area contributed by atoms with Crippen LogP contribution in [-0.2, 0) is 0 Å². The zero-order chi connectivity index (χ0) is 11.7. The van der Waals surface area contributed by atoms with Gasteiger partial charge in [-0.05, 0) is 26.1 Å². The van der Waals surface area contributed by atoms with Crippen molar-refractivity contribution >= 4 is 5.69 Å². The molecule has 1 aliphatic rings. The molecule has 4 heteroatoms. The number of benzene rings is 1. The van der Waals surface area contributed by atoms with E-state index < -0.39 is 11.6 Å². The van der Waals surface area contributed by atoms with E-state index in [1.165, 1.54) is 12.1 Å². The SMILES string of the molecule is C[C@@H]1CN(C)CCN1c1cc(F)cc(F)c1. The van der Waals surface area contributed by atoms with Gasteiger partial charge in [0.15, 0.2) is 0 Å². The third kappa shape index (κ3) is 2.32. The highest BCUT2D eigenvalue weighted by Gasteiger charge is 2.22. The van der Waals surface area contributed by atoms with Crippen LogP contribution < -0.4 is 4.90 Å². The lowest BCUT2D eigenvalue weighted by Crippen LogP contribution is -2.50. The van der Waals surface area contributed by atoms with E-state index in [1.54, 1.807) is 0 Å². The third-order valence-electron chi connectivity index (χ3n) is 3.01. The van der Waals surface area contributed by atoms with Crippen molar-refractivity contribution in [3.63, 3.8) is 0 Å². The van der Waals surface area contributed by atoms with E-state index in [2.05, 4.69) is 18.9 Å². The molecule has 88 valence electrons. The van der Waals surface area contributed by atoms with Crippen molar-refractivity contribution in [3.05, 3.63) is 29.8 Å². The second kappa shape index (κ2) is 4.37. The van der Waals surface area contributed by atoms with E-state index in [4.69, 9.17) is 0 Å². The quantitative estimate of drug-likeness (QED) is 0.723. The van der Waals surface area contributed by atoms with Crippen LogP contribution in [0.4, 0.5) is 14.5 Å². The van der Waals surface area contributed by atoms with E-state index >= 15 is 0 Å². The fraction of sp³-hybridized carbons (Fsp3) is 0.500. The molecular formula is C12H16F2N2. The third-order valence-corrected chi connectivity index (χ3v) is 3.01. The van der Waals surface area contributed by atoms with Gasteiger partial charge in [-0.15, -0.1) is 0 Å². The Hall–Kier alpha value is -1.16. The Kier molecular flexibility index (Phi) is 3.10. The van der Waals surface area contributed by atoms with E-state index in [1.807, 2.05) is 4.90 Å². The Labute approximate surface area is 94.5 Å². The highest BCUT2D eigenvalue weighted by molar-refractivity contribution is 5.48. The number of rotatable bonds is 1. The molecule has 1 aromatic carbocycles. The molecule has 0 N–H and O–H groups in total. The van der Waals surface area contributed by atoms with Crippen LogP contribution in [0, 0.1) is 11.6 Å². The van der Waals surface area contributed by atoms with Crippen LogP contribution in [0.1, 0.15) is 6.92 Å². The molecule has 0 amide bonds. The highest BCUT2D eigenvalue weighted by Crippen LogP contribution is 2.22. The number of hydrogen-bond acceptors (Lipinski definition) is 2. The van der Waals surface area contributed by atoms with Gasteiger partial charge < -0.3 is 9.80 Å². The van der Waals surface area contributed by atoms with Crippen LogP contribution in [0.25, 0.3) is 0 Å². The van der Waals surface area contributed by atoms with Gasteiger partial charge in [0.25, 0.3) is 0 Å². The van der Waals surface area contributed by atoms with Gasteiger partial charge in [0, 0.05) is 37.4 Å². The zero-order valence-electron chi connectivity index (χ0n) is 9.58. The number of nitrogens with zero attached hydrogens (tertiary/aromatic N) is 2. The van der Waals surface area contributed by atoms with Gasteiger partial charge in [-0.3, -0.25) is 0 Å². The average Bonchev–Trinajstić information content (AvgIpc) is 2.15. The summed E-state index contributed by atoms with van der Waals surface area (Å²) in [5, 5.41) is 0. The number of halogens is 2. The molecule has 1 fully saturated rings. The fourth-order valence-corrected chi connectivity index (χ4v) is 2.23. The first kappa shape index (κ1) is 11.3. The molecule has 0 saturated carbocycles. The van der Waals surface area contributed by atoms with Gasteiger partial charge in [-0.1, -0.05) is 0 Å². The Bertz CT molecular complexity index is 361. The maximum absolute atomic E-state index is 13.1. The van der Waals surface area contributed by atoms with Crippen LogP contribution in [0.2, 0.25) is 0 Å². The van der Waals surface area contributed by atoms with Crippen molar-refractivity contribution < 1.29 is 8.78 Å². The van der Waals surface area contributed by atoms with Crippen molar-refractivity contribution in [1.82, 2.24) is 4.90 Å². The maximum atomic E-state index is 13.1. The van der Waals surface area contributed by atoms with E-state index in [-0.39, 0.29) is 6.04 Å². The summed E-state index contributed by atoms with van der Waals surface area (Å²) >= 11 is 0. The Morgan fingerprint density at radius 1 is 1.12 bits per heavy atom.